The molecule has 6 nitrogen and oxygen atoms in total. The summed E-state index contributed by atoms with van der Waals surface area (Å²) >= 11 is 0. The van der Waals surface area contributed by atoms with Crippen molar-refractivity contribution in [2.75, 3.05) is 36.4 Å². The minimum absolute atomic E-state index is 0.123. The predicted octanol–water partition coefficient (Wildman–Crippen LogP) is 4.96. The number of rotatable bonds is 3. The van der Waals surface area contributed by atoms with Gasteiger partial charge in [0.1, 0.15) is 11.6 Å². The van der Waals surface area contributed by atoms with Crippen molar-refractivity contribution in [1.29, 1.82) is 0 Å². The molecule has 2 heterocycles. The second-order valence-electron chi connectivity index (χ2n) is 7.65. The van der Waals surface area contributed by atoms with Crippen molar-refractivity contribution in [3.05, 3.63) is 71.7 Å². The standard InChI is InChI=1S/C23H21F4N5O/c1-15-14-20(30-21(28-15)16-6-8-17(9-7-16)23(25,26)27)31-10-12-32(13-11-31)22(33)29-19-5-3-2-4-18(19)24/h2-9,14H,10-13H2,1H3,(H,29,33). The normalized spacial score (nSPS) is 14.3. The van der Waals surface area contributed by atoms with Gasteiger partial charge in [-0.1, -0.05) is 24.3 Å². The van der Waals surface area contributed by atoms with E-state index < -0.39 is 17.6 Å². The maximum absolute atomic E-state index is 13.8. The predicted molar refractivity (Wildman–Crippen MR) is 116 cm³/mol. The van der Waals surface area contributed by atoms with Crippen molar-refractivity contribution in [2.24, 2.45) is 0 Å². The van der Waals surface area contributed by atoms with E-state index in [-0.39, 0.29) is 11.7 Å². The molecular weight excluding hydrogens is 438 g/mol. The van der Waals surface area contributed by atoms with E-state index in [1.165, 1.54) is 24.3 Å². The van der Waals surface area contributed by atoms with Crippen LogP contribution in [0.25, 0.3) is 11.4 Å². The fourth-order valence-corrected chi connectivity index (χ4v) is 3.55. The average Bonchev–Trinajstić information content (AvgIpc) is 2.80. The van der Waals surface area contributed by atoms with Gasteiger partial charge in [-0.15, -0.1) is 0 Å². The van der Waals surface area contributed by atoms with Crippen LogP contribution in [-0.4, -0.2) is 47.1 Å². The maximum atomic E-state index is 13.8. The molecule has 1 aliphatic rings. The molecule has 1 N–H and O–H groups in total. The van der Waals surface area contributed by atoms with Gasteiger partial charge in [0.05, 0.1) is 11.3 Å². The molecule has 2 amide bonds. The minimum atomic E-state index is -4.41. The molecule has 10 heteroatoms. The fourth-order valence-electron chi connectivity index (χ4n) is 3.55. The number of aryl methyl sites for hydroxylation is 1. The second kappa shape index (κ2) is 9.05. The number of alkyl halides is 3. The summed E-state index contributed by atoms with van der Waals surface area (Å²) in [7, 11) is 0. The van der Waals surface area contributed by atoms with Crippen molar-refractivity contribution in [2.45, 2.75) is 13.1 Å². The van der Waals surface area contributed by atoms with Crippen molar-refractivity contribution in [3.63, 3.8) is 0 Å². The number of amides is 2. The molecule has 0 saturated carbocycles. The quantitative estimate of drug-likeness (QED) is 0.563. The second-order valence-corrected chi connectivity index (χ2v) is 7.65. The molecule has 33 heavy (non-hydrogen) atoms. The summed E-state index contributed by atoms with van der Waals surface area (Å²) in [4.78, 5) is 24.9. The molecule has 0 atom stereocenters. The van der Waals surface area contributed by atoms with Crippen LogP contribution in [0.2, 0.25) is 0 Å². The third kappa shape index (κ3) is 5.21. The zero-order valence-electron chi connectivity index (χ0n) is 17.7. The monoisotopic (exact) mass is 459 g/mol. The van der Waals surface area contributed by atoms with Gasteiger partial charge in [0.2, 0.25) is 0 Å². The molecule has 2 aromatic carbocycles. The number of aromatic nitrogens is 2. The summed E-state index contributed by atoms with van der Waals surface area (Å²) in [5.41, 5.74) is 0.548. The Bertz CT molecular complexity index is 1140. The van der Waals surface area contributed by atoms with E-state index in [9.17, 15) is 22.4 Å². The van der Waals surface area contributed by atoms with E-state index in [1.54, 1.807) is 30.0 Å². The topological polar surface area (TPSA) is 61.4 Å². The lowest BCUT2D eigenvalue weighted by Crippen LogP contribution is -2.50. The third-order valence-electron chi connectivity index (χ3n) is 5.32. The number of nitrogens with one attached hydrogen (secondary N) is 1. The van der Waals surface area contributed by atoms with E-state index in [0.717, 1.165) is 12.1 Å². The Hall–Kier alpha value is -3.69. The Balaban J connectivity index is 1.44. The Morgan fingerprint density at radius 2 is 1.64 bits per heavy atom. The van der Waals surface area contributed by atoms with Gasteiger partial charge in [0.15, 0.2) is 5.82 Å². The molecule has 1 aromatic heterocycles. The zero-order chi connectivity index (χ0) is 23.6. The number of benzene rings is 2. The molecule has 1 saturated heterocycles. The van der Waals surface area contributed by atoms with Gasteiger partial charge in [-0.05, 0) is 31.2 Å². The smallest absolute Gasteiger partial charge is 0.353 e. The lowest BCUT2D eigenvalue weighted by atomic mass is 10.1. The van der Waals surface area contributed by atoms with Crippen LogP contribution in [0.1, 0.15) is 11.3 Å². The Labute approximate surface area is 187 Å². The third-order valence-corrected chi connectivity index (χ3v) is 5.32. The largest absolute Gasteiger partial charge is 0.416 e. The van der Waals surface area contributed by atoms with E-state index >= 15 is 0 Å². The van der Waals surface area contributed by atoms with E-state index in [4.69, 9.17) is 0 Å². The lowest BCUT2D eigenvalue weighted by Gasteiger charge is -2.35. The fraction of sp³-hybridized carbons (Fsp3) is 0.261. The molecule has 3 aromatic rings. The highest BCUT2D eigenvalue weighted by Gasteiger charge is 2.30. The Morgan fingerprint density at radius 3 is 2.27 bits per heavy atom. The van der Waals surface area contributed by atoms with Crippen LogP contribution in [0.4, 0.5) is 33.9 Å². The molecule has 1 fully saturated rings. The lowest BCUT2D eigenvalue weighted by molar-refractivity contribution is -0.137. The van der Waals surface area contributed by atoms with Crippen molar-refractivity contribution < 1.29 is 22.4 Å². The minimum Gasteiger partial charge on any atom is -0.353 e. The van der Waals surface area contributed by atoms with Gasteiger partial charge in [0, 0.05) is 43.5 Å². The first-order valence-corrected chi connectivity index (χ1v) is 10.3. The number of piperazine rings is 1. The number of nitrogens with zero attached hydrogens (tertiary/aromatic N) is 4. The van der Waals surface area contributed by atoms with Crippen LogP contribution in [0.5, 0.6) is 0 Å². The summed E-state index contributed by atoms with van der Waals surface area (Å²) in [5.74, 6) is 0.460. The summed E-state index contributed by atoms with van der Waals surface area (Å²) in [6.45, 7) is 3.58. The van der Waals surface area contributed by atoms with Gasteiger partial charge in [-0.25, -0.2) is 19.2 Å². The van der Waals surface area contributed by atoms with Crippen LogP contribution in [0.3, 0.4) is 0 Å². The Morgan fingerprint density at radius 1 is 0.970 bits per heavy atom. The summed E-state index contributed by atoms with van der Waals surface area (Å²) < 4.78 is 52.3. The summed E-state index contributed by atoms with van der Waals surface area (Å²) in [5, 5.41) is 2.58. The number of para-hydroxylation sites is 1. The molecule has 0 unspecified atom stereocenters. The van der Waals surface area contributed by atoms with Gasteiger partial charge < -0.3 is 15.1 Å². The molecule has 0 radical (unpaired) electrons. The first-order chi connectivity index (χ1) is 15.7. The molecular formula is C23H21F4N5O. The van der Waals surface area contributed by atoms with Crippen LogP contribution in [0.15, 0.2) is 54.6 Å². The molecule has 172 valence electrons. The van der Waals surface area contributed by atoms with E-state index in [1.807, 2.05) is 4.90 Å². The van der Waals surface area contributed by atoms with E-state index in [0.29, 0.717) is 49.1 Å². The van der Waals surface area contributed by atoms with Crippen molar-refractivity contribution in [3.8, 4) is 11.4 Å². The number of urea groups is 1. The Kier molecular flexibility index (Phi) is 6.17. The maximum Gasteiger partial charge on any atom is 0.416 e. The first kappa shape index (κ1) is 22.5. The highest BCUT2D eigenvalue weighted by atomic mass is 19.4. The molecule has 0 bridgehead atoms. The van der Waals surface area contributed by atoms with E-state index in [2.05, 4.69) is 15.3 Å². The number of anilines is 2. The number of carbonyl (C=O) groups excluding carboxylic acids is 1. The SMILES string of the molecule is Cc1cc(N2CCN(C(=O)Nc3ccccc3F)CC2)nc(-c2ccc(C(F)(F)F)cc2)n1. The van der Waals surface area contributed by atoms with Crippen LogP contribution >= 0.6 is 0 Å². The number of hydrogen-bond acceptors (Lipinski definition) is 4. The average molecular weight is 459 g/mol. The summed E-state index contributed by atoms with van der Waals surface area (Å²) in [6.07, 6.45) is -4.41. The number of halogens is 4. The van der Waals surface area contributed by atoms with Gasteiger partial charge in [-0.2, -0.15) is 13.2 Å². The van der Waals surface area contributed by atoms with Crippen LogP contribution in [-0.2, 0) is 6.18 Å². The molecule has 1 aliphatic heterocycles. The first-order valence-electron chi connectivity index (χ1n) is 10.3. The van der Waals surface area contributed by atoms with Crippen molar-refractivity contribution in [1.82, 2.24) is 14.9 Å². The molecule has 4 rings (SSSR count). The van der Waals surface area contributed by atoms with Gasteiger partial charge in [0.25, 0.3) is 0 Å². The molecule has 0 spiro atoms. The highest BCUT2D eigenvalue weighted by Crippen LogP contribution is 2.31. The highest BCUT2D eigenvalue weighted by molar-refractivity contribution is 5.89. The van der Waals surface area contributed by atoms with Gasteiger partial charge >= 0.3 is 12.2 Å². The van der Waals surface area contributed by atoms with Crippen molar-refractivity contribution >= 4 is 17.5 Å². The van der Waals surface area contributed by atoms with Gasteiger partial charge in [-0.3, -0.25) is 0 Å². The number of carbonyl (C=O) groups is 1. The zero-order valence-corrected chi connectivity index (χ0v) is 17.7. The van der Waals surface area contributed by atoms with Crippen LogP contribution in [0, 0.1) is 12.7 Å². The molecule has 0 aliphatic carbocycles. The number of hydrogen-bond donors (Lipinski definition) is 1. The summed E-state index contributed by atoms with van der Waals surface area (Å²) in [6, 6.07) is 12.1. The van der Waals surface area contributed by atoms with Crippen LogP contribution < -0.4 is 10.2 Å².